The normalized spacial score (nSPS) is 15.8. The minimum atomic E-state index is 0.506. The van der Waals surface area contributed by atoms with Gasteiger partial charge in [-0.3, -0.25) is 0 Å². The van der Waals surface area contributed by atoms with Gasteiger partial charge in [0.2, 0.25) is 0 Å². The molecule has 0 saturated carbocycles. The molecule has 3 aromatic carbocycles. The topological polar surface area (TPSA) is 0 Å². The molecule has 0 saturated heterocycles. The van der Waals surface area contributed by atoms with Crippen LogP contribution in [0.1, 0.15) is 24.0 Å². The maximum absolute atomic E-state index is 2.34. The van der Waals surface area contributed by atoms with Crippen molar-refractivity contribution in [2.24, 2.45) is 0 Å². The molecule has 0 nitrogen and oxygen atoms in total. The van der Waals surface area contributed by atoms with E-state index in [0.717, 1.165) is 0 Å². The number of benzene rings is 3. The van der Waals surface area contributed by atoms with Crippen LogP contribution in [0.2, 0.25) is 0 Å². The Hall–Kier alpha value is -2.34. The van der Waals surface area contributed by atoms with Gasteiger partial charge in [-0.2, -0.15) is 0 Å². The third-order valence-electron chi connectivity index (χ3n) is 4.34. The summed E-state index contributed by atoms with van der Waals surface area (Å²) in [6.45, 7) is 2.30. The molecule has 4 rings (SSSR count). The number of rotatable bonds is 1. The molecule has 0 aliphatic heterocycles. The van der Waals surface area contributed by atoms with Gasteiger partial charge in [0, 0.05) is 5.92 Å². The lowest BCUT2D eigenvalue weighted by molar-refractivity contribution is 0.957. The Morgan fingerprint density at radius 3 is 2.15 bits per heavy atom. The molecule has 0 bridgehead atoms. The second kappa shape index (κ2) is 4.35. The van der Waals surface area contributed by atoms with Gasteiger partial charge in [-0.05, 0) is 39.4 Å². The van der Waals surface area contributed by atoms with Gasteiger partial charge in [0.25, 0.3) is 0 Å². The van der Waals surface area contributed by atoms with Gasteiger partial charge in [0.1, 0.15) is 0 Å². The van der Waals surface area contributed by atoms with E-state index in [-0.39, 0.29) is 0 Å². The van der Waals surface area contributed by atoms with Crippen molar-refractivity contribution in [1.82, 2.24) is 0 Å². The molecule has 0 heterocycles. The second-order valence-electron chi connectivity index (χ2n) is 5.48. The van der Waals surface area contributed by atoms with E-state index in [2.05, 4.69) is 79.7 Å². The Morgan fingerprint density at radius 1 is 0.600 bits per heavy atom. The van der Waals surface area contributed by atoms with E-state index in [1.807, 2.05) is 0 Å². The molecule has 1 aliphatic carbocycles. The lowest BCUT2D eigenvalue weighted by Gasteiger charge is -2.08. The molecule has 3 aromatic rings. The zero-order chi connectivity index (χ0) is 13.5. The predicted octanol–water partition coefficient (Wildman–Crippen LogP) is 5.49. The molecule has 1 aliphatic rings. The van der Waals surface area contributed by atoms with Gasteiger partial charge >= 0.3 is 0 Å². The smallest absolute Gasteiger partial charge is 0.00733 e. The maximum Gasteiger partial charge on any atom is 0.00733 e. The number of fused-ring (bicyclic) bond motifs is 3. The van der Waals surface area contributed by atoms with Crippen LogP contribution in [-0.2, 0) is 0 Å². The molecule has 1 atom stereocenters. The van der Waals surface area contributed by atoms with Gasteiger partial charge < -0.3 is 0 Å². The van der Waals surface area contributed by atoms with E-state index in [9.17, 15) is 0 Å². The number of hydrogen-bond acceptors (Lipinski definition) is 0. The van der Waals surface area contributed by atoms with Crippen LogP contribution in [0, 0.1) is 0 Å². The quantitative estimate of drug-likeness (QED) is 0.540. The van der Waals surface area contributed by atoms with E-state index in [1.165, 1.54) is 33.4 Å². The number of hydrogen-bond donors (Lipinski definition) is 0. The van der Waals surface area contributed by atoms with Crippen molar-refractivity contribution in [3.63, 3.8) is 0 Å². The minimum absolute atomic E-state index is 0.506. The maximum atomic E-state index is 2.34. The van der Waals surface area contributed by atoms with Crippen LogP contribution in [0.4, 0.5) is 0 Å². The Kier molecular flexibility index (Phi) is 2.50. The molecular formula is C20H16. The van der Waals surface area contributed by atoms with Gasteiger partial charge in [-0.25, -0.2) is 0 Å². The summed E-state index contributed by atoms with van der Waals surface area (Å²) in [5.41, 5.74) is 8.28. The molecule has 0 radical (unpaired) electrons. The highest BCUT2D eigenvalue weighted by Crippen LogP contribution is 2.45. The van der Waals surface area contributed by atoms with Gasteiger partial charge in [0.05, 0.1) is 0 Å². The first-order chi connectivity index (χ1) is 9.84. The van der Waals surface area contributed by atoms with Crippen LogP contribution in [0.5, 0.6) is 0 Å². The Bertz CT molecular complexity index is 769. The SMILES string of the molecule is CC1c2ccccc2-c2cc(-c3ccccc3)ccc21. The average molecular weight is 256 g/mol. The molecule has 0 amide bonds. The summed E-state index contributed by atoms with van der Waals surface area (Å²) in [5.74, 6) is 0.506. The summed E-state index contributed by atoms with van der Waals surface area (Å²) < 4.78 is 0. The van der Waals surface area contributed by atoms with Crippen LogP contribution < -0.4 is 0 Å². The Labute approximate surface area is 119 Å². The predicted molar refractivity (Wildman–Crippen MR) is 84.8 cm³/mol. The first-order valence-electron chi connectivity index (χ1n) is 7.13. The van der Waals surface area contributed by atoms with Crippen LogP contribution in [0.25, 0.3) is 22.3 Å². The first-order valence-corrected chi connectivity index (χ1v) is 7.13. The van der Waals surface area contributed by atoms with E-state index >= 15 is 0 Å². The highest BCUT2D eigenvalue weighted by molar-refractivity contribution is 5.82. The van der Waals surface area contributed by atoms with Crippen molar-refractivity contribution in [1.29, 1.82) is 0 Å². The summed E-state index contributed by atoms with van der Waals surface area (Å²) in [5, 5.41) is 0. The van der Waals surface area contributed by atoms with E-state index < -0.39 is 0 Å². The monoisotopic (exact) mass is 256 g/mol. The Balaban J connectivity index is 1.92. The standard InChI is InChI=1S/C20H16/c1-14-17-9-5-6-10-19(17)20-13-16(11-12-18(14)20)15-7-3-2-4-8-15/h2-14H,1H3. The summed E-state index contributed by atoms with van der Waals surface area (Å²) in [6.07, 6.45) is 0. The minimum Gasteiger partial charge on any atom is -0.0622 e. The van der Waals surface area contributed by atoms with E-state index in [1.54, 1.807) is 0 Å². The van der Waals surface area contributed by atoms with Crippen molar-refractivity contribution >= 4 is 0 Å². The highest BCUT2D eigenvalue weighted by Gasteiger charge is 2.24. The van der Waals surface area contributed by atoms with Gasteiger partial charge in [0.15, 0.2) is 0 Å². The van der Waals surface area contributed by atoms with Crippen molar-refractivity contribution in [2.45, 2.75) is 12.8 Å². The van der Waals surface area contributed by atoms with Crippen LogP contribution in [0.15, 0.2) is 72.8 Å². The van der Waals surface area contributed by atoms with E-state index in [0.29, 0.717) is 5.92 Å². The molecule has 0 N–H and O–H groups in total. The fourth-order valence-corrected chi connectivity index (χ4v) is 3.26. The summed E-state index contributed by atoms with van der Waals surface area (Å²) >= 11 is 0. The van der Waals surface area contributed by atoms with Gasteiger partial charge in [-0.15, -0.1) is 0 Å². The first kappa shape index (κ1) is 11.5. The Morgan fingerprint density at radius 2 is 1.30 bits per heavy atom. The molecule has 0 spiro atoms. The zero-order valence-electron chi connectivity index (χ0n) is 11.5. The fourth-order valence-electron chi connectivity index (χ4n) is 3.26. The van der Waals surface area contributed by atoms with Crippen molar-refractivity contribution in [3.8, 4) is 22.3 Å². The summed E-state index contributed by atoms with van der Waals surface area (Å²) in [4.78, 5) is 0. The molecule has 96 valence electrons. The van der Waals surface area contributed by atoms with Crippen molar-refractivity contribution < 1.29 is 0 Å². The third kappa shape index (κ3) is 1.61. The molecular weight excluding hydrogens is 240 g/mol. The van der Waals surface area contributed by atoms with Gasteiger partial charge in [-0.1, -0.05) is 73.7 Å². The molecule has 20 heavy (non-hydrogen) atoms. The second-order valence-corrected chi connectivity index (χ2v) is 5.48. The summed E-state index contributed by atoms with van der Waals surface area (Å²) in [6, 6.07) is 26.3. The van der Waals surface area contributed by atoms with Crippen LogP contribution in [0.3, 0.4) is 0 Å². The summed E-state index contributed by atoms with van der Waals surface area (Å²) in [7, 11) is 0. The largest absolute Gasteiger partial charge is 0.0622 e. The molecule has 0 aromatic heterocycles. The van der Waals surface area contributed by atoms with Crippen LogP contribution >= 0.6 is 0 Å². The third-order valence-corrected chi connectivity index (χ3v) is 4.34. The fraction of sp³-hybridized carbons (Fsp3) is 0.100. The lowest BCUT2D eigenvalue weighted by Crippen LogP contribution is -1.89. The van der Waals surface area contributed by atoms with Crippen LogP contribution in [-0.4, -0.2) is 0 Å². The zero-order valence-corrected chi connectivity index (χ0v) is 11.5. The average Bonchev–Trinajstić information content (AvgIpc) is 2.81. The van der Waals surface area contributed by atoms with Crippen molar-refractivity contribution in [2.75, 3.05) is 0 Å². The highest BCUT2D eigenvalue weighted by atomic mass is 14.3. The van der Waals surface area contributed by atoms with Crippen molar-refractivity contribution in [3.05, 3.63) is 83.9 Å². The lowest BCUT2D eigenvalue weighted by atomic mass is 9.96. The molecule has 0 fully saturated rings. The van der Waals surface area contributed by atoms with E-state index in [4.69, 9.17) is 0 Å². The molecule has 0 heteroatoms. The molecule has 1 unspecified atom stereocenters.